The number of rotatable bonds is 8. The number of anilines is 2. The monoisotopic (exact) mass is 459 g/mol. The number of fused-ring (bicyclic) bond motifs is 1. The van der Waals surface area contributed by atoms with E-state index >= 15 is 0 Å². The number of hydrogen-bond acceptors (Lipinski definition) is 6. The molecule has 2 aliphatic rings. The predicted octanol–water partition coefficient (Wildman–Crippen LogP) is 4.23. The van der Waals surface area contributed by atoms with Crippen LogP contribution in [0.1, 0.15) is 36.9 Å². The van der Waals surface area contributed by atoms with E-state index in [0.717, 1.165) is 60.0 Å². The van der Waals surface area contributed by atoms with Crippen molar-refractivity contribution in [2.45, 2.75) is 45.6 Å². The molecule has 0 atom stereocenters. The number of hydrogen-bond donors (Lipinski definition) is 2. The van der Waals surface area contributed by atoms with Crippen molar-refractivity contribution in [2.75, 3.05) is 36.5 Å². The number of carbonyl (C=O) groups is 1. The maximum absolute atomic E-state index is 12.4. The Morgan fingerprint density at radius 3 is 2.53 bits per heavy atom. The predicted molar refractivity (Wildman–Crippen MR) is 136 cm³/mol. The van der Waals surface area contributed by atoms with Gasteiger partial charge >= 0.3 is 0 Å². The minimum atomic E-state index is -0.201. The highest BCUT2D eigenvalue weighted by molar-refractivity contribution is 5.95. The number of nitrogens with one attached hydrogen (secondary N) is 2. The van der Waals surface area contributed by atoms with E-state index in [0.29, 0.717) is 17.5 Å². The van der Waals surface area contributed by atoms with Crippen LogP contribution in [0.2, 0.25) is 0 Å². The molecule has 0 radical (unpaired) electrons. The molecule has 7 nitrogen and oxygen atoms in total. The molecule has 1 aliphatic carbocycles. The molecule has 1 aliphatic heterocycles. The minimum Gasteiger partial charge on any atom is -0.484 e. The third kappa shape index (κ3) is 5.65. The van der Waals surface area contributed by atoms with Gasteiger partial charge < -0.3 is 20.3 Å². The second-order valence-corrected chi connectivity index (χ2v) is 9.60. The van der Waals surface area contributed by atoms with Crippen molar-refractivity contribution in [1.82, 2.24) is 15.3 Å². The summed E-state index contributed by atoms with van der Waals surface area (Å²) in [5.41, 5.74) is 3.68. The van der Waals surface area contributed by atoms with Gasteiger partial charge in [-0.1, -0.05) is 17.7 Å². The van der Waals surface area contributed by atoms with Crippen LogP contribution >= 0.6 is 0 Å². The molecule has 34 heavy (non-hydrogen) atoms. The second kappa shape index (κ2) is 9.97. The van der Waals surface area contributed by atoms with Crippen LogP contribution in [-0.2, 0) is 4.79 Å². The van der Waals surface area contributed by atoms with E-state index in [1.54, 1.807) is 0 Å². The van der Waals surface area contributed by atoms with Crippen molar-refractivity contribution in [3.63, 3.8) is 0 Å². The normalized spacial score (nSPS) is 16.6. The van der Waals surface area contributed by atoms with Crippen LogP contribution in [0, 0.1) is 19.8 Å². The minimum absolute atomic E-state index is 0.0407. The van der Waals surface area contributed by atoms with Crippen LogP contribution in [0.4, 0.5) is 11.6 Å². The summed E-state index contributed by atoms with van der Waals surface area (Å²) in [6.07, 6.45) is 5.04. The summed E-state index contributed by atoms with van der Waals surface area (Å²) in [4.78, 5) is 24.3. The zero-order valence-corrected chi connectivity index (χ0v) is 20.0. The lowest BCUT2D eigenvalue weighted by molar-refractivity contribution is -0.118. The Kier molecular flexibility index (Phi) is 6.63. The van der Waals surface area contributed by atoms with Gasteiger partial charge in [0.1, 0.15) is 5.75 Å². The van der Waals surface area contributed by atoms with Gasteiger partial charge in [0, 0.05) is 30.2 Å². The van der Waals surface area contributed by atoms with Gasteiger partial charge in [0.05, 0.1) is 11.2 Å². The van der Waals surface area contributed by atoms with Crippen molar-refractivity contribution in [2.24, 2.45) is 5.92 Å². The zero-order chi connectivity index (χ0) is 23.5. The molecular weight excluding hydrogens is 426 g/mol. The Hall–Kier alpha value is -3.19. The Bertz CT molecular complexity index is 1150. The first-order chi connectivity index (χ1) is 16.5. The molecule has 1 amide bonds. The van der Waals surface area contributed by atoms with E-state index in [9.17, 15) is 4.79 Å². The van der Waals surface area contributed by atoms with Gasteiger partial charge in [0.2, 0.25) is 5.95 Å². The quantitative estimate of drug-likeness (QED) is 0.525. The largest absolute Gasteiger partial charge is 0.484 e. The molecule has 2 fully saturated rings. The van der Waals surface area contributed by atoms with Crippen LogP contribution in [0.5, 0.6) is 5.75 Å². The third-order valence-corrected chi connectivity index (χ3v) is 6.72. The molecule has 0 unspecified atom stereocenters. The number of aromatic nitrogens is 2. The molecule has 0 bridgehead atoms. The lowest BCUT2D eigenvalue weighted by Crippen LogP contribution is -2.43. The molecule has 2 N–H and O–H groups in total. The van der Waals surface area contributed by atoms with Gasteiger partial charge in [-0.25, -0.2) is 9.97 Å². The summed E-state index contributed by atoms with van der Waals surface area (Å²) in [6.45, 7) is 7.10. The molecule has 178 valence electrons. The van der Waals surface area contributed by atoms with Crippen LogP contribution in [0.15, 0.2) is 42.5 Å². The summed E-state index contributed by atoms with van der Waals surface area (Å²) in [7, 11) is 0. The average molecular weight is 460 g/mol. The molecule has 1 saturated carbocycles. The number of carbonyl (C=O) groups excluding carboxylic acids is 1. The van der Waals surface area contributed by atoms with Gasteiger partial charge in [0.25, 0.3) is 5.91 Å². The molecule has 5 rings (SSSR count). The molecule has 2 aromatic carbocycles. The molecule has 1 saturated heterocycles. The number of amides is 1. The molecule has 2 heterocycles. The SMILES string of the molecule is Cc1ccc(OCC(=O)Nc2ccc3nc(N4CCC(NCC5CC5)CC4)nc(C)c3c2)cc1. The molecule has 7 heteroatoms. The fourth-order valence-corrected chi connectivity index (χ4v) is 4.40. The van der Waals surface area contributed by atoms with Gasteiger partial charge in [-0.05, 0) is 82.3 Å². The van der Waals surface area contributed by atoms with E-state index in [1.165, 1.54) is 19.4 Å². The summed E-state index contributed by atoms with van der Waals surface area (Å²) in [5, 5.41) is 7.59. The van der Waals surface area contributed by atoms with E-state index < -0.39 is 0 Å². The highest BCUT2D eigenvalue weighted by Crippen LogP contribution is 2.28. The van der Waals surface area contributed by atoms with Gasteiger partial charge in [-0.15, -0.1) is 0 Å². The maximum atomic E-state index is 12.4. The number of benzene rings is 2. The van der Waals surface area contributed by atoms with Crippen molar-refractivity contribution in [1.29, 1.82) is 0 Å². The number of nitrogens with zero attached hydrogens (tertiary/aromatic N) is 3. The van der Waals surface area contributed by atoms with E-state index in [1.807, 2.05) is 56.3 Å². The lowest BCUT2D eigenvalue weighted by atomic mass is 10.1. The van der Waals surface area contributed by atoms with E-state index in [2.05, 4.69) is 15.5 Å². The van der Waals surface area contributed by atoms with Crippen LogP contribution < -0.4 is 20.3 Å². The Balaban J connectivity index is 1.19. The van der Waals surface area contributed by atoms with E-state index in [4.69, 9.17) is 14.7 Å². The summed E-state index contributed by atoms with van der Waals surface area (Å²) < 4.78 is 5.58. The molecular formula is C27H33N5O2. The summed E-state index contributed by atoms with van der Waals surface area (Å²) in [5.74, 6) is 2.20. The highest BCUT2D eigenvalue weighted by atomic mass is 16.5. The number of aryl methyl sites for hydroxylation is 2. The van der Waals surface area contributed by atoms with Crippen molar-refractivity contribution in [3.8, 4) is 5.75 Å². The summed E-state index contributed by atoms with van der Waals surface area (Å²) >= 11 is 0. The van der Waals surface area contributed by atoms with Gasteiger partial charge in [0.15, 0.2) is 6.61 Å². The van der Waals surface area contributed by atoms with Gasteiger partial charge in [-0.3, -0.25) is 4.79 Å². The standard InChI is InChI=1S/C27H33N5O2/c1-18-3-8-23(9-4-18)34-17-26(33)30-22-7-10-25-24(15-22)19(2)29-27(31-25)32-13-11-21(12-14-32)28-16-20-5-6-20/h3-4,7-10,15,20-21,28H,5-6,11-14,16-17H2,1-2H3,(H,30,33). The van der Waals surface area contributed by atoms with Crippen molar-refractivity contribution < 1.29 is 9.53 Å². The van der Waals surface area contributed by atoms with Crippen LogP contribution in [-0.4, -0.2) is 48.2 Å². The average Bonchev–Trinajstić information content (AvgIpc) is 3.68. The molecule has 3 aromatic rings. The Morgan fingerprint density at radius 2 is 1.79 bits per heavy atom. The first-order valence-corrected chi connectivity index (χ1v) is 12.3. The zero-order valence-electron chi connectivity index (χ0n) is 20.0. The molecule has 0 spiro atoms. The fourth-order valence-electron chi connectivity index (χ4n) is 4.40. The first-order valence-electron chi connectivity index (χ1n) is 12.3. The molecule has 1 aromatic heterocycles. The smallest absolute Gasteiger partial charge is 0.262 e. The Labute approximate surface area is 200 Å². The number of piperidine rings is 1. The second-order valence-electron chi connectivity index (χ2n) is 9.60. The maximum Gasteiger partial charge on any atom is 0.262 e. The Morgan fingerprint density at radius 1 is 1.03 bits per heavy atom. The first kappa shape index (κ1) is 22.6. The van der Waals surface area contributed by atoms with Crippen LogP contribution in [0.3, 0.4) is 0 Å². The summed E-state index contributed by atoms with van der Waals surface area (Å²) in [6, 6.07) is 14.0. The van der Waals surface area contributed by atoms with Crippen molar-refractivity contribution >= 4 is 28.4 Å². The van der Waals surface area contributed by atoms with E-state index in [-0.39, 0.29) is 12.5 Å². The van der Waals surface area contributed by atoms with Gasteiger partial charge in [-0.2, -0.15) is 0 Å². The number of ether oxygens (including phenoxy) is 1. The third-order valence-electron chi connectivity index (χ3n) is 6.72. The topological polar surface area (TPSA) is 79.4 Å². The highest BCUT2D eigenvalue weighted by Gasteiger charge is 2.25. The lowest BCUT2D eigenvalue weighted by Gasteiger charge is -2.32. The van der Waals surface area contributed by atoms with Crippen LogP contribution in [0.25, 0.3) is 10.9 Å². The fraction of sp³-hybridized carbons (Fsp3) is 0.444. The van der Waals surface area contributed by atoms with Crippen molar-refractivity contribution in [3.05, 3.63) is 53.7 Å².